The lowest BCUT2D eigenvalue weighted by Gasteiger charge is -2.21. The van der Waals surface area contributed by atoms with E-state index in [2.05, 4.69) is 0 Å². The summed E-state index contributed by atoms with van der Waals surface area (Å²) in [4.78, 5) is 0. The second-order valence-corrected chi connectivity index (χ2v) is 6.71. The molecule has 0 aromatic heterocycles. The van der Waals surface area contributed by atoms with E-state index in [1.54, 1.807) is 12.1 Å². The van der Waals surface area contributed by atoms with Crippen LogP contribution in [0.25, 0.3) is 0 Å². The molecule has 0 heterocycles. The summed E-state index contributed by atoms with van der Waals surface area (Å²) >= 11 is 0. The number of hydrogen-bond donors (Lipinski definition) is 0. The van der Waals surface area contributed by atoms with Gasteiger partial charge in [-0.25, -0.2) is 0 Å². The first-order valence-electron chi connectivity index (χ1n) is 6.51. The molecule has 1 saturated carbocycles. The van der Waals surface area contributed by atoms with Gasteiger partial charge in [0.05, 0.1) is 6.26 Å². The maximum absolute atomic E-state index is 11.0. The van der Waals surface area contributed by atoms with Gasteiger partial charge >= 0.3 is 10.1 Å². The summed E-state index contributed by atoms with van der Waals surface area (Å²) in [5.74, 6) is 1.19. The van der Waals surface area contributed by atoms with Crippen molar-refractivity contribution < 1.29 is 12.6 Å². The third-order valence-electron chi connectivity index (χ3n) is 3.42. The van der Waals surface area contributed by atoms with Crippen molar-refractivity contribution in [3.05, 3.63) is 29.8 Å². The first kappa shape index (κ1) is 13.4. The molecule has 0 spiro atoms. The standard InChI is InChI=1S/C14H20O3S/c1-18(15,16)17-14-9-7-13(8-10-14)11-12-5-3-2-4-6-12/h7-10,12H,2-6,11H2,1H3. The average molecular weight is 268 g/mol. The van der Waals surface area contributed by atoms with Gasteiger partial charge < -0.3 is 4.18 Å². The average Bonchev–Trinajstić information content (AvgIpc) is 2.31. The molecule has 3 nitrogen and oxygen atoms in total. The van der Waals surface area contributed by atoms with Gasteiger partial charge in [0.2, 0.25) is 0 Å². The maximum Gasteiger partial charge on any atom is 0.306 e. The van der Waals surface area contributed by atoms with Crippen LogP contribution in [0.1, 0.15) is 37.7 Å². The molecule has 0 N–H and O–H groups in total. The van der Waals surface area contributed by atoms with Crippen molar-refractivity contribution in [3.8, 4) is 5.75 Å². The van der Waals surface area contributed by atoms with E-state index in [0.717, 1.165) is 18.6 Å². The first-order chi connectivity index (χ1) is 8.53. The van der Waals surface area contributed by atoms with Crippen LogP contribution in [-0.4, -0.2) is 14.7 Å². The van der Waals surface area contributed by atoms with E-state index < -0.39 is 10.1 Å². The number of rotatable bonds is 4. The molecule has 1 aromatic carbocycles. The highest BCUT2D eigenvalue weighted by atomic mass is 32.2. The first-order valence-corrected chi connectivity index (χ1v) is 8.33. The highest BCUT2D eigenvalue weighted by Crippen LogP contribution is 2.27. The van der Waals surface area contributed by atoms with Crippen molar-refractivity contribution in [3.63, 3.8) is 0 Å². The van der Waals surface area contributed by atoms with Crippen molar-refractivity contribution in [2.45, 2.75) is 38.5 Å². The molecule has 0 aliphatic heterocycles. The van der Waals surface area contributed by atoms with E-state index in [-0.39, 0.29) is 0 Å². The van der Waals surface area contributed by atoms with Crippen molar-refractivity contribution in [2.24, 2.45) is 5.92 Å². The van der Waals surface area contributed by atoms with E-state index in [0.29, 0.717) is 5.75 Å². The largest absolute Gasteiger partial charge is 0.383 e. The van der Waals surface area contributed by atoms with Gasteiger partial charge in [-0.05, 0) is 30.0 Å². The normalized spacial score (nSPS) is 17.6. The van der Waals surface area contributed by atoms with Crippen LogP contribution >= 0.6 is 0 Å². The molecule has 0 saturated heterocycles. The predicted molar refractivity (Wildman–Crippen MR) is 72.2 cm³/mol. The molecule has 0 amide bonds. The summed E-state index contributed by atoms with van der Waals surface area (Å²) in [5.41, 5.74) is 1.27. The molecule has 2 rings (SSSR count). The zero-order chi connectivity index (χ0) is 13.0. The quantitative estimate of drug-likeness (QED) is 0.788. The topological polar surface area (TPSA) is 43.4 Å². The minimum absolute atomic E-state index is 0.393. The van der Waals surface area contributed by atoms with Crippen LogP contribution in [0.15, 0.2) is 24.3 Å². The fourth-order valence-corrected chi connectivity index (χ4v) is 3.04. The Morgan fingerprint density at radius 3 is 2.28 bits per heavy atom. The van der Waals surface area contributed by atoms with Crippen molar-refractivity contribution in [1.29, 1.82) is 0 Å². The van der Waals surface area contributed by atoms with Crippen LogP contribution in [0.4, 0.5) is 0 Å². The molecule has 0 bridgehead atoms. The second-order valence-electron chi connectivity index (χ2n) is 5.14. The minimum atomic E-state index is -3.42. The van der Waals surface area contributed by atoms with E-state index in [1.807, 2.05) is 12.1 Å². The lowest BCUT2D eigenvalue weighted by atomic mass is 9.85. The van der Waals surface area contributed by atoms with Gasteiger partial charge in [-0.3, -0.25) is 0 Å². The monoisotopic (exact) mass is 268 g/mol. The van der Waals surface area contributed by atoms with Gasteiger partial charge in [0.25, 0.3) is 0 Å². The maximum atomic E-state index is 11.0. The van der Waals surface area contributed by atoms with Gasteiger partial charge in [-0.1, -0.05) is 44.2 Å². The van der Waals surface area contributed by atoms with Crippen LogP contribution in [0.5, 0.6) is 5.75 Å². The second kappa shape index (κ2) is 5.74. The summed E-state index contributed by atoms with van der Waals surface area (Å²) in [7, 11) is -3.42. The molecule has 0 atom stereocenters. The SMILES string of the molecule is CS(=O)(=O)Oc1ccc(CC2CCCCC2)cc1. The summed E-state index contributed by atoms with van der Waals surface area (Å²) in [6.07, 6.45) is 8.86. The molecule has 1 aromatic rings. The van der Waals surface area contributed by atoms with Gasteiger partial charge in [-0.2, -0.15) is 8.42 Å². The Balaban J connectivity index is 1.94. The van der Waals surface area contributed by atoms with Crippen molar-refractivity contribution >= 4 is 10.1 Å². The van der Waals surface area contributed by atoms with Crippen LogP contribution < -0.4 is 4.18 Å². The molecule has 100 valence electrons. The third kappa shape index (κ3) is 4.33. The Morgan fingerprint density at radius 2 is 1.72 bits per heavy atom. The Kier molecular flexibility index (Phi) is 4.27. The molecular formula is C14H20O3S. The van der Waals surface area contributed by atoms with Gasteiger partial charge in [-0.15, -0.1) is 0 Å². The molecule has 1 aliphatic rings. The van der Waals surface area contributed by atoms with Crippen molar-refractivity contribution in [1.82, 2.24) is 0 Å². The number of benzene rings is 1. The van der Waals surface area contributed by atoms with E-state index in [1.165, 1.54) is 37.7 Å². The molecule has 1 fully saturated rings. The van der Waals surface area contributed by atoms with E-state index in [9.17, 15) is 8.42 Å². The third-order valence-corrected chi connectivity index (χ3v) is 3.92. The minimum Gasteiger partial charge on any atom is -0.383 e. The van der Waals surface area contributed by atoms with Crippen LogP contribution in [-0.2, 0) is 16.5 Å². The van der Waals surface area contributed by atoms with Gasteiger partial charge in [0.15, 0.2) is 0 Å². The van der Waals surface area contributed by atoms with E-state index >= 15 is 0 Å². The summed E-state index contributed by atoms with van der Waals surface area (Å²) < 4.78 is 26.8. The summed E-state index contributed by atoms with van der Waals surface area (Å²) in [6.45, 7) is 0. The Labute approximate surface area is 109 Å². The van der Waals surface area contributed by atoms with Crippen LogP contribution in [0.2, 0.25) is 0 Å². The highest BCUT2D eigenvalue weighted by molar-refractivity contribution is 7.86. The predicted octanol–water partition coefficient (Wildman–Crippen LogP) is 3.15. The van der Waals surface area contributed by atoms with Gasteiger partial charge in [0.1, 0.15) is 5.75 Å². The molecule has 4 heteroatoms. The molecule has 0 unspecified atom stereocenters. The lowest BCUT2D eigenvalue weighted by Crippen LogP contribution is -2.09. The Morgan fingerprint density at radius 1 is 1.11 bits per heavy atom. The lowest BCUT2D eigenvalue weighted by molar-refractivity contribution is 0.356. The van der Waals surface area contributed by atoms with Crippen LogP contribution in [0, 0.1) is 5.92 Å². The molecule has 0 radical (unpaired) electrons. The fraction of sp³-hybridized carbons (Fsp3) is 0.571. The van der Waals surface area contributed by atoms with Crippen molar-refractivity contribution in [2.75, 3.05) is 6.26 Å². The van der Waals surface area contributed by atoms with Crippen LogP contribution in [0.3, 0.4) is 0 Å². The zero-order valence-electron chi connectivity index (χ0n) is 10.8. The summed E-state index contributed by atoms with van der Waals surface area (Å²) in [6, 6.07) is 7.41. The molecule has 18 heavy (non-hydrogen) atoms. The van der Waals surface area contributed by atoms with E-state index in [4.69, 9.17) is 4.18 Å². The summed E-state index contributed by atoms with van der Waals surface area (Å²) in [5, 5.41) is 0. The number of hydrogen-bond acceptors (Lipinski definition) is 3. The zero-order valence-corrected chi connectivity index (χ0v) is 11.6. The molecular weight excluding hydrogens is 248 g/mol. The fourth-order valence-electron chi connectivity index (χ4n) is 2.58. The highest BCUT2D eigenvalue weighted by Gasteiger charge is 2.14. The smallest absolute Gasteiger partial charge is 0.306 e. The Hall–Kier alpha value is -1.03. The van der Waals surface area contributed by atoms with Gasteiger partial charge in [0, 0.05) is 0 Å². The Bertz CT molecular complexity index is 470. The molecule has 1 aliphatic carbocycles.